The van der Waals surface area contributed by atoms with Crippen molar-refractivity contribution >= 4 is 39.3 Å². The van der Waals surface area contributed by atoms with Crippen LogP contribution in [-0.4, -0.2) is 48.5 Å². The first kappa shape index (κ1) is 15.3. The van der Waals surface area contributed by atoms with Crippen LogP contribution >= 0.6 is 27.3 Å². The van der Waals surface area contributed by atoms with Crippen molar-refractivity contribution in [2.45, 2.75) is 25.4 Å². The number of hydrogen-bond donors (Lipinski definition) is 0. The largest absolute Gasteiger partial charge is 0.453 e. The number of methoxy groups -OCH3 is 1. The Kier molecular flexibility index (Phi) is 5.04. The highest BCUT2D eigenvalue weighted by Crippen LogP contribution is 2.23. The van der Waals surface area contributed by atoms with Gasteiger partial charge in [-0.15, -0.1) is 11.3 Å². The summed E-state index contributed by atoms with van der Waals surface area (Å²) < 4.78 is 5.75. The summed E-state index contributed by atoms with van der Waals surface area (Å²) >= 11 is 5.00. The van der Waals surface area contributed by atoms with Gasteiger partial charge in [-0.2, -0.15) is 0 Å². The van der Waals surface area contributed by atoms with Crippen LogP contribution in [0.25, 0.3) is 0 Å². The highest BCUT2D eigenvalue weighted by molar-refractivity contribution is 9.10. The molecule has 1 aromatic rings. The minimum atomic E-state index is -0.423. The van der Waals surface area contributed by atoms with E-state index < -0.39 is 12.1 Å². The fourth-order valence-corrected chi connectivity index (χ4v) is 3.87. The van der Waals surface area contributed by atoms with Crippen molar-refractivity contribution in [3.05, 3.63) is 20.8 Å². The molecule has 2 rings (SSSR count). The second-order valence-corrected chi connectivity index (χ2v) is 6.66. The molecular weight excluding hydrogens is 344 g/mol. The third kappa shape index (κ3) is 3.32. The minimum absolute atomic E-state index is 0.0302. The molecule has 0 spiro atoms. The van der Waals surface area contributed by atoms with Gasteiger partial charge in [-0.25, -0.2) is 4.79 Å². The fourth-order valence-electron chi connectivity index (χ4n) is 2.36. The Labute approximate surface area is 130 Å². The second-order valence-electron chi connectivity index (χ2n) is 4.75. The summed E-state index contributed by atoms with van der Waals surface area (Å²) in [6.45, 7) is 1.14. The van der Waals surface area contributed by atoms with E-state index in [1.165, 1.54) is 12.0 Å². The zero-order valence-electron chi connectivity index (χ0n) is 11.5. The topological polar surface area (TPSA) is 49.9 Å². The molecule has 1 aliphatic heterocycles. The number of thiophene rings is 1. The van der Waals surface area contributed by atoms with Gasteiger partial charge in [-0.05, 0) is 34.8 Å². The molecule has 0 bridgehead atoms. The monoisotopic (exact) mass is 360 g/mol. The summed E-state index contributed by atoms with van der Waals surface area (Å²) in [6, 6.07) is 1.61. The predicted octanol–water partition coefficient (Wildman–Crippen LogP) is 2.70. The Bertz CT molecular complexity index is 506. The van der Waals surface area contributed by atoms with Gasteiger partial charge in [0.1, 0.15) is 6.04 Å². The van der Waals surface area contributed by atoms with Crippen LogP contribution in [0.15, 0.2) is 15.9 Å². The van der Waals surface area contributed by atoms with Crippen molar-refractivity contribution in [1.29, 1.82) is 0 Å². The number of amides is 2. The van der Waals surface area contributed by atoms with Gasteiger partial charge >= 0.3 is 6.09 Å². The Morgan fingerprint density at radius 2 is 2.35 bits per heavy atom. The number of ether oxygens (including phenoxy) is 1. The number of carbonyl (C=O) groups is 2. The van der Waals surface area contributed by atoms with E-state index in [1.54, 1.807) is 23.3 Å². The molecule has 110 valence electrons. The lowest BCUT2D eigenvalue weighted by Gasteiger charge is -2.26. The lowest BCUT2D eigenvalue weighted by Crippen LogP contribution is -2.46. The molecule has 20 heavy (non-hydrogen) atoms. The first-order valence-electron chi connectivity index (χ1n) is 6.35. The van der Waals surface area contributed by atoms with E-state index in [2.05, 4.69) is 15.9 Å². The number of likely N-dealkylation sites (N-methyl/N-ethyl adjacent to an activating group) is 1. The van der Waals surface area contributed by atoms with E-state index in [4.69, 9.17) is 4.74 Å². The van der Waals surface area contributed by atoms with Gasteiger partial charge in [-0.1, -0.05) is 0 Å². The Morgan fingerprint density at radius 1 is 1.60 bits per heavy atom. The molecule has 7 heteroatoms. The maximum Gasteiger partial charge on any atom is 0.410 e. The molecule has 1 atom stereocenters. The third-order valence-electron chi connectivity index (χ3n) is 3.34. The van der Waals surface area contributed by atoms with E-state index in [9.17, 15) is 9.59 Å². The zero-order valence-corrected chi connectivity index (χ0v) is 13.9. The SMILES string of the molecule is COC(=O)N1CCCC1C(=O)N(C)Cc1cc(Br)cs1. The number of nitrogens with zero attached hydrogens (tertiary/aromatic N) is 2. The first-order chi connectivity index (χ1) is 9.52. The third-order valence-corrected chi connectivity index (χ3v) is 5.02. The second kappa shape index (κ2) is 6.58. The Hall–Kier alpha value is -1.08. The smallest absolute Gasteiger partial charge is 0.410 e. The van der Waals surface area contributed by atoms with Crippen molar-refractivity contribution in [2.75, 3.05) is 20.7 Å². The normalized spacial score (nSPS) is 18.1. The summed E-state index contributed by atoms with van der Waals surface area (Å²) in [4.78, 5) is 28.4. The van der Waals surface area contributed by atoms with Gasteiger partial charge in [0.25, 0.3) is 0 Å². The van der Waals surface area contributed by atoms with E-state index in [0.29, 0.717) is 19.5 Å². The molecule has 1 aliphatic rings. The first-order valence-corrected chi connectivity index (χ1v) is 8.02. The van der Waals surface area contributed by atoms with E-state index in [-0.39, 0.29) is 5.91 Å². The number of rotatable bonds is 3. The van der Waals surface area contributed by atoms with E-state index in [1.807, 2.05) is 11.4 Å². The lowest BCUT2D eigenvalue weighted by atomic mass is 10.2. The summed E-state index contributed by atoms with van der Waals surface area (Å²) in [6.07, 6.45) is 1.11. The highest BCUT2D eigenvalue weighted by Gasteiger charge is 2.36. The number of carbonyl (C=O) groups excluding carboxylic acids is 2. The molecule has 0 radical (unpaired) electrons. The molecule has 5 nitrogen and oxygen atoms in total. The standard InChI is InChI=1S/C13H17BrN2O3S/c1-15(7-10-6-9(14)8-20-10)12(17)11-4-3-5-16(11)13(18)19-2/h6,8,11H,3-5,7H2,1-2H3. The molecule has 1 fully saturated rings. The van der Waals surface area contributed by atoms with Crippen LogP contribution in [-0.2, 0) is 16.1 Å². The maximum atomic E-state index is 12.5. The van der Waals surface area contributed by atoms with Crippen molar-refractivity contribution in [2.24, 2.45) is 0 Å². The van der Waals surface area contributed by atoms with Crippen LogP contribution in [0, 0.1) is 0 Å². The van der Waals surface area contributed by atoms with Crippen LogP contribution in [0.4, 0.5) is 4.79 Å². The number of hydrogen-bond acceptors (Lipinski definition) is 4. The van der Waals surface area contributed by atoms with Crippen LogP contribution in [0.1, 0.15) is 17.7 Å². The summed E-state index contributed by atoms with van der Waals surface area (Å²) in [5.74, 6) is -0.0302. The summed E-state index contributed by atoms with van der Waals surface area (Å²) in [5.41, 5.74) is 0. The molecule has 1 aromatic heterocycles. The van der Waals surface area contributed by atoms with Crippen LogP contribution in [0.2, 0.25) is 0 Å². The molecule has 1 saturated heterocycles. The fraction of sp³-hybridized carbons (Fsp3) is 0.538. The van der Waals surface area contributed by atoms with Crippen molar-refractivity contribution in [3.8, 4) is 0 Å². The predicted molar refractivity (Wildman–Crippen MR) is 80.6 cm³/mol. The zero-order chi connectivity index (χ0) is 14.7. The van der Waals surface area contributed by atoms with Crippen LogP contribution in [0.5, 0.6) is 0 Å². The molecule has 1 unspecified atom stereocenters. The van der Waals surface area contributed by atoms with Crippen LogP contribution < -0.4 is 0 Å². The molecular formula is C13H17BrN2O3S. The van der Waals surface area contributed by atoms with E-state index in [0.717, 1.165) is 15.8 Å². The van der Waals surface area contributed by atoms with Gasteiger partial charge < -0.3 is 9.64 Å². The van der Waals surface area contributed by atoms with E-state index >= 15 is 0 Å². The quantitative estimate of drug-likeness (QED) is 0.832. The van der Waals surface area contributed by atoms with Gasteiger partial charge in [-0.3, -0.25) is 9.69 Å². The molecule has 2 amide bonds. The highest BCUT2D eigenvalue weighted by atomic mass is 79.9. The van der Waals surface area contributed by atoms with Crippen LogP contribution in [0.3, 0.4) is 0 Å². The number of halogens is 1. The van der Waals surface area contributed by atoms with Gasteiger partial charge in [0.05, 0.1) is 13.7 Å². The molecule has 0 N–H and O–H groups in total. The minimum Gasteiger partial charge on any atom is -0.453 e. The van der Waals surface area contributed by atoms with Gasteiger partial charge in [0.2, 0.25) is 5.91 Å². The van der Waals surface area contributed by atoms with Crippen molar-refractivity contribution < 1.29 is 14.3 Å². The summed E-state index contributed by atoms with van der Waals surface area (Å²) in [5, 5.41) is 1.99. The Balaban J connectivity index is 2.00. The average Bonchev–Trinajstić information content (AvgIpc) is 3.06. The van der Waals surface area contributed by atoms with Crippen molar-refractivity contribution in [1.82, 2.24) is 9.80 Å². The lowest BCUT2D eigenvalue weighted by molar-refractivity contribution is -0.134. The average molecular weight is 361 g/mol. The van der Waals surface area contributed by atoms with Gasteiger partial charge in [0.15, 0.2) is 0 Å². The van der Waals surface area contributed by atoms with Gasteiger partial charge in [0, 0.05) is 28.3 Å². The number of likely N-dealkylation sites (tertiary alicyclic amines) is 1. The Morgan fingerprint density at radius 3 is 2.95 bits per heavy atom. The van der Waals surface area contributed by atoms with Crippen molar-refractivity contribution in [3.63, 3.8) is 0 Å². The summed E-state index contributed by atoms with van der Waals surface area (Å²) in [7, 11) is 3.11. The molecule has 0 saturated carbocycles. The molecule has 2 heterocycles. The molecule has 0 aromatic carbocycles. The molecule has 0 aliphatic carbocycles. The maximum absolute atomic E-state index is 12.5.